The first-order chi connectivity index (χ1) is 12.2. The summed E-state index contributed by atoms with van der Waals surface area (Å²) in [6.45, 7) is 0.741. The number of H-pyrrole nitrogens is 1. The summed E-state index contributed by atoms with van der Waals surface area (Å²) in [5.41, 5.74) is 2.51. The highest BCUT2D eigenvalue weighted by Crippen LogP contribution is 2.32. The molecule has 6 heteroatoms. The number of likely N-dealkylation sites (tertiary alicyclic amines) is 1. The summed E-state index contributed by atoms with van der Waals surface area (Å²) in [7, 11) is 0. The van der Waals surface area contributed by atoms with E-state index in [0.717, 1.165) is 36.3 Å². The van der Waals surface area contributed by atoms with Gasteiger partial charge in [-0.15, -0.1) is 0 Å². The maximum atomic E-state index is 13.4. The molecule has 1 fully saturated rings. The minimum absolute atomic E-state index is 0.0552. The van der Waals surface area contributed by atoms with Crippen molar-refractivity contribution in [1.82, 2.24) is 19.9 Å². The number of nitrogens with one attached hydrogen (secondary N) is 1. The van der Waals surface area contributed by atoms with Gasteiger partial charge in [-0.1, -0.05) is 0 Å². The first-order valence-corrected chi connectivity index (χ1v) is 8.54. The van der Waals surface area contributed by atoms with Crippen LogP contribution in [0.5, 0.6) is 0 Å². The first kappa shape index (κ1) is 15.7. The summed E-state index contributed by atoms with van der Waals surface area (Å²) in [6, 6.07) is 8.32. The standard InChI is InChI=1S/C19H19FN4O/c20-14-4-5-15-16(12-14)23-19(22-15)17-2-1-11-24(17)18(25)6-3-13-7-9-21-10-8-13/h4-5,7-10,12,17H,1-3,6,11H2,(H,22,23). The van der Waals surface area contributed by atoms with E-state index >= 15 is 0 Å². The lowest BCUT2D eigenvalue weighted by Gasteiger charge is -2.23. The average molecular weight is 338 g/mol. The quantitative estimate of drug-likeness (QED) is 0.793. The van der Waals surface area contributed by atoms with E-state index in [-0.39, 0.29) is 17.8 Å². The van der Waals surface area contributed by atoms with E-state index in [9.17, 15) is 9.18 Å². The van der Waals surface area contributed by atoms with E-state index in [2.05, 4.69) is 15.0 Å². The van der Waals surface area contributed by atoms with Crippen LogP contribution in [0, 0.1) is 5.82 Å². The van der Waals surface area contributed by atoms with Gasteiger partial charge in [-0.2, -0.15) is 0 Å². The number of fused-ring (bicyclic) bond motifs is 1. The molecule has 0 aliphatic carbocycles. The Bertz CT molecular complexity index is 893. The molecule has 0 bridgehead atoms. The van der Waals surface area contributed by atoms with Crippen molar-refractivity contribution in [3.63, 3.8) is 0 Å². The number of aromatic nitrogens is 3. The predicted octanol–water partition coefficient (Wildman–Crippen LogP) is 3.39. The maximum Gasteiger partial charge on any atom is 0.223 e. The SMILES string of the molecule is O=C(CCc1ccncc1)N1CCCC1c1nc2ccc(F)cc2[nH]1. The van der Waals surface area contributed by atoms with Gasteiger partial charge in [0.25, 0.3) is 0 Å². The molecule has 2 aromatic heterocycles. The van der Waals surface area contributed by atoms with Crippen LogP contribution in [0.1, 0.15) is 36.7 Å². The first-order valence-electron chi connectivity index (χ1n) is 8.54. The van der Waals surface area contributed by atoms with E-state index in [4.69, 9.17) is 0 Å². The molecule has 1 aliphatic heterocycles. The highest BCUT2D eigenvalue weighted by Gasteiger charge is 2.31. The second kappa shape index (κ2) is 6.63. The number of hydrogen-bond acceptors (Lipinski definition) is 3. The largest absolute Gasteiger partial charge is 0.340 e. The smallest absolute Gasteiger partial charge is 0.223 e. The fraction of sp³-hybridized carbons (Fsp3) is 0.316. The third-order valence-electron chi connectivity index (χ3n) is 4.73. The van der Waals surface area contributed by atoms with Crippen LogP contribution in [0.15, 0.2) is 42.7 Å². The number of halogens is 1. The van der Waals surface area contributed by atoms with Crippen LogP contribution in [0.2, 0.25) is 0 Å². The summed E-state index contributed by atoms with van der Waals surface area (Å²) in [4.78, 5) is 26.3. The van der Waals surface area contributed by atoms with Crippen LogP contribution in [-0.2, 0) is 11.2 Å². The molecule has 5 nitrogen and oxygen atoms in total. The summed E-state index contributed by atoms with van der Waals surface area (Å²) >= 11 is 0. The number of imidazole rings is 1. The molecular formula is C19H19FN4O. The monoisotopic (exact) mass is 338 g/mol. The Morgan fingerprint density at radius 3 is 2.96 bits per heavy atom. The van der Waals surface area contributed by atoms with Crippen molar-refractivity contribution < 1.29 is 9.18 Å². The second-order valence-corrected chi connectivity index (χ2v) is 6.38. The van der Waals surface area contributed by atoms with Crippen LogP contribution in [-0.4, -0.2) is 32.3 Å². The summed E-state index contributed by atoms with van der Waals surface area (Å²) in [5.74, 6) is 0.584. The molecule has 3 aromatic rings. The van der Waals surface area contributed by atoms with Gasteiger partial charge in [0.1, 0.15) is 11.6 Å². The molecule has 0 saturated carbocycles. The number of hydrogen-bond donors (Lipinski definition) is 1. The molecule has 1 N–H and O–H groups in total. The Morgan fingerprint density at radius 2 is 2.12 bits per heavy atom. The molecule has 1 amide bonds. The number of aromatic amines is 1. The average Bonchev–Trinajstić information content (AvgIpc) is 3.26. The highest BCUT2D eigenvalue weighted by molar-refractivity contribution is 5.78. The van der Waals surface area contributed by atoms with E-state index in [1.807, 2.05) is 17.0 Å². The molecular weight excluding hydrogens is 319 g/mol. The number of carbonyl (C=O) groups is 1. The van der Waals surface area contributed by atoms with Gasteiger partial charge in [-0.3, -0.25) is 9.78 Å². The molecule has 1 unspecified atom stereocenters. The van der Waals surface area contributed by atoms with Crippen LogP contribution < -0.4 is 0 Å². The summed E-state index contributed by atoms with van der Waals surface area (Å²) < 4.78 is 13.4. The zero-order chi connectivity index (χ0) is 17.2. The van der Waals surface area contributed by atoms with Crippen molar-refractivity contribution in [2.45, 2.75) is 31.7 Å². The van der Waals surface area contributed by atoms with Gasteiger partial charge in [0.05, 0.1) is 17.1 Å². The zero-order valence-corrected chi connectivity index (χ0v) is 13.8. The Hall–Kier alpha value is -2.76. The minimum atomic E-state index is -0.292. The lowest BCUT2D eigenvalue weighted by Crippen LogP contribution is -2.31. The van der Waals surface area contributed by atoms with Crippen LogP contribution in [0.25, 0.3) is 11.0 Å². The maximum absolute atomic E-state index is 13.4. The van der Waals surface area contributed by atoms with Crippen molar-refractivity contribution >= 4 is 16.9 Å². The lowest BCUT2D eigenvalue weighted by atomic mass is 10.1. The topological polar surface area (TPSA) is 61.9 Å². The third kappa shape index (κ3) is 3.24. The fourth-order valence-electron chi connectivity index (χ4n) is 3.45. The predicted molar refractivity (Wildman–Crippen MR) is 92.3 cm³/mol. The Balaban J connectivity index is 1.50. The number of pyridine rings is 1. The van der Waals surface area contributed by atoms with Gasteiger partial charge >= 0.3 is 0 Å². The molecule has 128 valence electrons. The van der Waals surface area contributed by atoms with Crippen molar-refractivity contribution in [3.05, 3.63) is 59.9 Å². The van der Waals surface area contributed by atoms with Crippen molar-refractivity contribution in [1.29, 1.82) is 0 Å². The zero-order valence-electron chi connectivity index (χ0n) is 13.8. The second-order valence-electron chi connectivity index (χ2n) is 6.38. The van der Waals surface area contributed by atoms with Gasteiger partial charge in [-0.05, 0) is 55.2 Å². The molecule has 1 saturated heterocycles. The molecule has 1 aromatic carbocycles. The Morgan fingerprint density at radius 1 is 1.28 bits per heavy atom. The van der Waals surface area contributed by atoms with E-state index in [0.29, 0.717) is 18.4 Å². The minimum Gasteiger partial charge on any atom is -0.340 e. The molecule has 3 heterocycles. The van der Waals surface area contributed by atoms with Gasteiger partial charge in [0.15, 0.2) is 0 Å². The number of rotatable bonds is 4. The van der Waals surface area contributed by atoms with E-state index < -0.39 is 0 Å². The van der Waals surface area contributed by atoms with Gasteiger partial charge in [0, 0.05) is 25.4 Å². The van der Waals surface area contributed by atoms with E-state index in [1.165, 1.54) is 12.1 Å². The molecule has 1 aliphatic rings. The fourth-order valence-corrected chi connectivity index (χ4v) is 3.45. The lowest BCUT2D eigenvalue weighted by molar-refractivity contribution is -0.132. The van der Waals surface area contributed by atoms with Crippen LogP contribution in [0.4, 0.5) is 4.39 Å². The number of nitrogens with zero attached hydrogens (tertiary/aromatic N) is 3. The Labute approximate surface area is 144 Å². The molecule has 1 atom stereocenters. The number of benzene rings is 1. The van der Waals surface area contributed by atoms with Gasteiger partial charge in [-0.25, -0.2) is 9.37 Å². The van der Waals surface area contributed by atoms with Gasteiger partial charge < -0.3 is 9.88 Å². The van der Waals surface area contributed by atoms with Crippen molar-refractivity contribution in [2.75, 3.05) is 6.54 Å². The van der Waals surface area contributed by atoms with Crippen molar-refractivity contribution in [2.24, 2.45) is 0 Å². The normalized spacial score (nSPS) is 17.3. The van der Waals surface area contributed by atoms with E-state index in [1.54, 1.807) is 18.5 Å². The molecule has 25 heavy (non-hydrogen) atoms. The third-order valence-corrected chi connectivity index (χ3v) is 4.73. The Kier molecular flexibility index (Phi) is 4.17. The number of carbonyl (C=O) groups excluding carboxylic acids is 1. The molecule has 4 rings (SSSR count). The van der Waals surface area contributed by atoms with Crippen LogP contribution in [0.3, 0.4) is 0 Å². The highest BCUT2D eigenvalue weighted by atomic mass is 19.1. The van der Waals surface area contributed by atoms with Crippen molar-refractivity contribution in [3.8, 4) is 0 Å². The van der Waals surface area contributed by atoms with Gasteiger partial charge in [0.2, 0.25) is 5.91 Å². The molecule has 0 spiro atoms. The number of amides is 1. The number of aryl methyl sites for hydroxylation is 1. The van der Waals surface area contributed by atoms with Crippen LogP contribution >= 0.6 is 0 Å². The summed E-state index contributed by atoms with van der Waals surface area (Å²) in [6.07, 6.45) is 6.49. The summed E-state index contributed by atoms with van der Waals surface area (Å²) in [5, 5.41) is 0. The molecule has 0 radical (unpaired) electrons.